The molecule has 0 aliphatic heterocycles. The van der Waals surface area contributed by atoms with Gasteiger partial charge in [0.1, 0.15) is 11.6 Å². The van der Waals surface area contributed by atoms with Gasteiger partial charge in [0, 0.05) is 5.56 Å². The number of nitrogens with one attached hydrogen (secondary N) is 1. The Labute approximate surface area is 150 Å². The van der Waals surface area contributed by atoms with E-state index in [0.717, 1.165) is 18.4 Å². The summed E-state index contributed by atoms with van der Waals surface area (Å²) in [5.74, 6) is -1.11. The van der Waals surface area contributed by atoms with Crippen LogP contribution in [0.4, 0.5) is 4.39 Å². The highest BCUT2D eigenvalue weighted by atomic mass is 19.1. The molecule has 5 nitrogen and oxygen atoms in total. The van der Waals surface area contributed by atoms with E-state index >= 15 is 0 Å². The van der Waals surface area contributed by atoms with Gasteiger partial charge < -0.3 is 15.2 Å². The lowest BCUT2D eigenvalue weighted by atomic mass is 10.0. The molecule has 26 heavy (non-hydrogen) atoms. The van der Waals surface area contributed by atoms with E-state index in [1.807, 2.05) is 0 Å². The summed E-state index contributed by atoms with van der Waals surface area (Å²) in [6.07, 6.45) is 1.62. The number of carbonyl (C=O) groups excluding carboxylic acids is 1. The van der Waals surface area contributed by atoms with E-state index in [1.54, 1.807) is 38.1 Å². The molecule has 0 saturated heterocycles. The zero-order valence-electron chi connectivity index (χ0n) is 14.6. The van der Waals surface area contributed by atoms with Gasteiger partial charge in [-0.1, -0.05) is 12.1 Å². The van der Waals surface area contributed by atoms with Gasteiger partial charge in [0.25, 0.3) is 5.91 Å². The summed E-state index contributed by atoms with van der Waals surface area (Å²) < 4.78 is 18.4. The lowest BCUT2D eigenvalue weighted by Crippen LogP contribution is -2.35. The normalized spacial score (nSPS) is 14.6. The molecule has 1 aliphatic rings. The smallest absolute Gasteiger partial charge is 0.341 e. The number of aliphatic carboxylic acids is 1. The Morgan fingerprint density at radius 2 is 1.73 bits per heavy atom. The summed E-state index contributed by atoms with van der Waals surface area (Å²) in [7, 11) is 0. The predicted molar refractivity (Wildman–Crippen MR) is 93.8 cm³/mol. The number of benzene rings is 2. The van der Waals surface area contributed by atoms with Crippen LogP contribution in [0.2, 0.25) is 0 Å². The molecule has 0 radical (unpaired) electrons. The first-order valence-corrected chi connectivity index (χ1v) is 8.35. The number of aryl methyl sites for hydroxylation is 2. The van der Waals surface area contributed by atoms with Crippen molar-refractivity contribution in [2.75, 3.05) is 6.61 Å². The van der Waals surface area contributed by atoms with Crippen molar-refractivity contribution in [3.05, 3.63) is 64.5 Å². The first-order chi connectivity index (χ1) is 12.3. The number of halogens is 1. The zero-order chi connectivity index (χ0) is 18.9. The van der Waals surface area contributed by atoms with Crippen molar-refractivity contribution in [1.82, 2.24) is 5.32 Å². The molecule has 2 aromatic carbocycles. The molecule has 0 heterocycles. The second-order valence-electron chi connectivity index (χ2n) is 6.66. The Kier molecular flexibility index (Phi) is 4.68. The van der Waals surface area contributed by atoms with Gasteiger partial charge >= 0.3 is 5.97 Å². The number of carboxylic acids is 1. The van der Waals surface area contributed by atoms with Crippen LogP contribution >= 0.6 is 0 Å². The molecular formula is C20H20FNO4. The monoisotopic (exact) mass is 357 g/mol. The third-order valence-corrected chi connectivity index (χ3v) is 4.56. The van der Waals surface area contributed by atoms with Crippen LogP contribution in [-0.2, 0) is 10.3 Å². The minimum absolute atomic E-state index is 0.220. The Balaban J connectivity index is 1.78. The van der Waals surface area contributed by atoms with Gasteiger partial charge in [0.05, 0.1) is 5.54 Å². The molecule has 1 aliphatic carbocycles. The lowest BCUT2D eigenvalue weighted by Gasteiger charge is -2.19. The Morgan fingerprint density at radius 3 is 2.23 bits per heavy atom. The molecule has 0 spiro atoms. The van der Waals surface area contributed by atoms with Crippen LogP contribution in [0.25, 0.3) is 0 Å². The van der Waals surface area contributed by atoms with Gasteiger partial charge in [-0.3, -0.25) is 4.79 Å². The van der Waals surface area contributed by atoms with Crippen molar-refractivity contribution in [2.45, 2.75) is 32.2 Å². The van der Waals surface area contributed by atoms with Crippen LogP contribution < -0.4 is 10.1 Å². The summed E-state index contributed by atoms with van der Waals surface area (Å²) in [5, 5.41) is 11.8. The largest absolute Gasteiger partial charge is 0.481 e. The van der Waals surface area contributed by atoms with Gasteiger partial charge in [-0.05, 0) is 67.6 Å². The van der Waals surface area contributed by atoms with Crippen molar-refractivity contribution < 1.29 is 23.8 Å². The molecule has 2 N–H and O–H groups in total. The van der Waals surface area contributed by atoms with Crippen LogP contribution in [0, 0.1) is 19.7 Å². The second-order valence-corrected chi connectivity index (χ2v) is 6.66. The number of amides is 1. The molecule has 2 aromatic rings. The Morgan fingerprint density at radius 1 is 1.15 bits per heavy atom. The van der Waals surface area contributed by atoms with Crippen LogP contribution in [0.1, 0.15) is 39.9 Å². The first-order valence-electron chi connectivity index (χ1n) is 8.35. The van der Waals surface area contributed by atoms with Gasteiger partial charge in [-0.15, -0.1) is 0 Å². The van der Waals surface area contributed by atoms with E-state index in [-0.39, 0.29) is 11.7 Å². The van der Waals surface area contributed by atoms with Crippen molar-refractivity contribution in [3.8, 4) is 5.75 Å². The molecule has 1 saturated carbocycles. The Bertz CT molecular complexity index is 834. The number of ether oxygens (including phenoxy) is 1. The second kappa shape index (κ2) is 6.78. The first kappa shape index (κ1) is 17.9. The van der Waals surface area contributed by atoms with Crippen LogP contribution in [0.3, 0.4) is 0 Å². The molecule has 0 unspecified atom stereocenters. The van der Waals surface area contributed by atoms with Crippen molar-refractivity contribution in [2.24, 2.45) is 0 Å². The highest BCUT2D eigenvalue weighted by Gasteiger charge is 2.45. The van der Waals surface area contributed by atoms with Crippen LogP contribution in [0.5, 0.6) is 5.75 Å². The van der Waals surface area contributed by atoms with Gasteiger partial charge in [-0.25, -0.2) is 9.18 Å². The summed E-state index contributed by atoms with van der Waals surface area (Å²) in [4.78, 5) is 23.4. The van der Waals surface area contributed by atoms with E-state index in [4.69, 9.17) is 9.84 Å². The van der Waals surface area contributed by atoms with Crippen LogP contribution in [0.15, 0.2) is 36.4 Å². The van der Waals surface area contributed by atoms with Gasteiger partial charge in [0.15, 0.2) is 6.61 Å². The van der Waals surface area contributed by atoms with Crippen molar-refractivity contribution in [1.29, 1.82) is 0 Å². The maximum absolute atomic E-state index is 13.1. The predicted octanol–water partition coefficient (Wildman–Crippen LogP) is 3.33. The number of carbonyl (C=O) groups is 2. The van der Waals surface area contributed by atoms with Crippen molar-refractivity contribution in [3.63, 3.8) is 0 Å². The van der Waals surface area contributed by atoms with E-state index < -0.39 is 18.1 Å². The number of hydrogen-bond donors (Lipinski definition) is 2. The van der Waals surface area contributed by atoms with E-state index in [0.29, 0.717) is 22.4 Å². The molecule has 0 atom stereocenters. The maximum atomic E-state index is 13.1. The van der Waals surface area contributed by atoms with E-state index in [9.17, 15) is 14.0 Å². The number of hydrogen-bond acceptors (Lipinski definition) is 3. The fourth-order valence-electron chi connectivity index (χ4n) is 3.11. The third kappa shape index (κ3) is 3.69. The fourth-order valence-corrected chi connectivity index (χ4v) is 3.11. The Hall–Kier alpha value is -2.89. The summed E-state index contributed by atoms with van der Waals surface area (Å²) in [6, 6.07) is 9.54. The molecule has 3 rings (SSSR count). The molecular weight excluding hydrogens is 337 g/mol. The van der Waals surface area contributed by atoms with Crippen molar-refractivity contribution >= 4 is 11.9 Å². The van der Waals surface area contributed by atoms with E-state index in [1.165, 1.54) is 12.1 Å². The van der Waals surface area contributed by atoms with Crippen LogP contribution in [-0.4, -0.2) is 23.6 Å². The maximum Gasteiger partial charge on any atom is 0.341 e. The minimum Gasteiger partial charge on any atom is -0.481 e. The minimum atomic E-state index is -1.06. The molecule has 6 heteroatoms. The molecule has 0 bridgehead atoms. The quantitative estimate of drug-likeness (QED) is 0.832. The number of rotatable bonds is 6. The fraction of sp³-hybridized carbons (Fsp3) is 0.300. The molecule has 136 valence electrons. The standard InChI is InChI=1S/C20H20FNO4/c1-12-9-14(10-13(2)18(12)26-11-17(23)24)19(25)22-20(7-8-20)15-3-5-16(21)6-4-15/h3-6,9-10H,7-8,11H2,1-2H3,(H,22,25)(H,23,24). The summed E-state index contributed by atoms with van der Waals surface area (Å²) in [5.41, 5.74) is 2.33. The third-order valence-electron chi connectivity index (χ3n) is 4.56. The van der Waals surface area contributed by atoms with Gasteiger partial charge in [-0.2, -0.15) is 0 Å². The summed E-state index contributed by atoms with van der Waals surface area (Å²) in [6.45, 7) is 3.11. The lowest BCUT2D eigenvalue weighted by molar-refractivity contribution is -0.139. The highest BCUT2D eigenvalue weighted by molar-refractivity contribution is 5.95. The molecule has 0 aromatic heterocycles. The number of carboxylic acid groups (broad SMARTS) is 1. The average molecular weight is 357 g/mol. The average Bonchev–Trinajstić information content (AvgIpc) is 3.34. The highest BCUT2D eigenvalue weighted by Crippen LogP contribution is 2.45. The molecule has 1 fully saturated rings. The van der Waals surface area contributed by atoms with E-state index in [2.05, 4.69) is 5.32 Å². The zero-order valence-corrected chi connectivity index (χ0v) is 14.6. The van der Waals surface area contributed by atoms with Gasteiger partial charge in [0.2, 0.25) is 0 Å². The summed E-state index contributed by atoms with van der Waals surface area (Å²) >= 11 is 0. The topological polar surface area (TPSA) is 75.6 Å². The molecule has 1 amide bonds. The SMILES string of the molecule is Cc1cc(C(=O)NC2(c3ccc(F)cc3)CC2)cc(C)c1OCC(=O)O.